The van der Waals surface area contributed by atoms with Gasteiger partial charge in [0.05, 0.1) is 4.92 Å². The fourth-order valence-electron chi connectivity index (χ4n) is 2.50. The summed E-state index contributed by atoms with van der Waals surface area (Å²) in [6.07, 6.45) is 0.724. The molecule has 1 aromatic heterocycles. The summed E-state index contributed by atoms with van der Waals surface area (Å²) in [4.78, 5) is 22.0. The Labute approximate surface area is 147 Å². The molecule has 0 radical (unpaired) electrons. The SMILES string of the molecule is CCc1cc2oc(=O)cc(COc3ccc([N+](=O)[O-])cc3)c2cc1Cl. The van der Waals surface area contributed by atoms with Crippen LogP contribution in [0.15, 0.2) is 51.7 Å². The van der Waals surface area contributed by atoms with E-state index in [-0.39, 0.29) is 12.3 Å². The fourth-order valence-corrected chi connectivity index (χ4v) is 2.80. The highest BCUT2D eigenvalue weighted by atomic mass is 35.5. The molecule has 0 fully saturated rings. The third kappa shape index (κ3) is 3.64. The zero-order valence-corrected chi connectivity index (χ0v) is 14.1. The van der Waals surface area contributed by atoms with Crippen molar-refractivity contribution in [1.82, 2.24) is 0 Å². The van der Waals surface area contributed by atoms with Crippen LogP contribution < -0.4 is 10.4 Å². The number of nitro benzene ring substituents is 1. The predicted octanol–water partition coefficient (Wildman–Crippen LogP) is 4.50. The van der Waals surface area contributed by atoms with Crippen LogP contribution in [-0.4, -0.2) is 4.92 Å². The first-order valence-corrected chi connectivity index (χ1v) is 7.98. The number of nitro groups is 1. The minimum Gasteiger partial charge on any atom is -0.489 e. The van der Waals surface area contributed by atoms with Crippen LogP contribution in [0, 0.1) is 10.1 Å². The van der Waals surface area contributed by atoms with Gasteiger partial charge in [0.1, 0.15) is 17.9 Å². The summed E-state index contributed by atoms with van der Waals surface area (Å²) in [5, 5.41) is 12.0. The van der Waals surface area contributed by atoms with Crippen LogP contribution >= 0.6 is 11.6 Å². The van der Waals surface area contributed by atoms with E-state index in [9.17, 15) is 14.9 Å². The van der Waals surface area contributed by atoms with E-state index in [0.29, 0.717) is 27.3 Å². The van der Waals surface area contributed by atoms with Gasteiger partial charge < -0.3 is 9.15 Å². The van der Waals surface area contributed by atoms with E-state index in [0.717, 1.165) is 12.0 Å². The van der Waals surface area contributed by atoms with E-state index in [1.165, 1.54) is 30.3 Å². The van der Waals surface area contributed by atoms with Gasteiger partial charge in [-0.25, -0.2) is 4.79 Å². The highest BCUT2D eigenvalue weighted by molar-refractivity contribution is 6.32. The molecule has 0 atom stereocenters. The lowest BCUT2D eigenvalue weighted by atomic mass is 10.1. The molecule has 0 aliphatic rings. The molecular weight excluding hydrogens is 346 g/mol. The van der Waals surface area contributed by atoms with Crippen molar-refractivity contribution in [1.29, 1.82) is 0 Å². The van der Waals surface area contributed by atoms with Crippen LogP contribution in [-0.2, 0) is 13.0 Å². The lowest BCUT2D eigenvalue weighted by Crippen LogP contribution is -2.04. The zero-order valence-electron chi connectivity index (χ0n) is 13.3. The number of fused-ring (bicyclic) bond motifs is 1. The molecule has 25 heavy (non-hydrogen) atoms. The molecule has 0 aliphatic carbocycles. The summed E-state index contributed by atoms with van der Waals surface area (Å²) >= 11 is 6.25. The molecule has 3 rings (SSSR count). The molecule has 0 unspecified atom stereocenters. The van der Waals surface area contributed by atoms with Crippen molar-refractivity contribution in [2.75, 3.05) is 0 Å². The number of non-ortho nitro benzene ring substituents is 1. The molecular formula is C18H14ClNO5. The smallest absolute Gasteiger partial charge is 0.336 e. The summed E-state index contributed by atoms with van der Waals surface area (Å²) in [7, 11) is 0. The van der Waals surface area contributed by atoms with Gasteiger partial charge in [0.15, 0.2) is 0 Å². The largest absolute Gasteiger partial charge is 0.489 e. The monoisotopic (exact) mass is 359 g/mol. The molecule has 6 nitrogen and oxygen atoms in total. The molecule has 0 amide bonds. The number of rotatable bonds is 5. The molecule has 0 spiro atoms. The van der Waals surface area contributed by atoms with E-state index in [1.807, 2.05) is 6.92 Å². The van der Waals surface area contributed by atoms with Crippen molar-refractivity contribution in [2.24, 2.45) is 0 Å². The average Bonchev–Trinajstić information content (AvgIpc) is 2.60. The first kappa shape index (κ1) is 17.0. The third-order valence-electron chi connectivity index (χ3n) is 3.82. The highest BCUT2D eigenvalue weighted by Crippen LogP contribution is 2.27. The van der Waals surface area contributed by atoms with Crippen LogP contribution in [0.3, 0.4) is 0 Å². The molecule has 0 bridgehead atoms. The zero-order chi connectivity index (χ0) is 18.0. The lowest BCUT2D eigenvalue weighted by molar-refractivity contribution is -0.384. The van der Waals surface area contributed by atoms with Crippen molar-refractivity contribution in [3.8, 4) is 5.75 Å². The summed E-state index contributed by atoms with van der Waals surface area (Å²) in [5.74, 6) is 0.461. The molecule has 3 aromatic rings. The summed E-state index contributed by atoms with van der Waals surface area (Å²) in [5.41, 5.74) is 1.49. The molecule has 1 heterocycles. The maximum atomic E-state index is 11.8. The second-order valence-corrected chi connectivity index (χ2v) is 5.83. The Morgan fingerprint density at radius 3 is 2.52 bits per heavy atom. The van der Waals surface area contributed by atoms with Crippen LogP contribution in [0.25, 0.3) is 11.0 Å². The Morgan fingerprint density at radius 2 is 1.88 bits per heavy atom. The van der Waals surface area contributed by atoms with Crippen molar-refractivity contribution in [3.63, 3.8) is 0 Å². The van der Waals surface area contributed by atoms with Gasteiger partial charge >= 0.3 is 5.63 Å². The van der Waals surface area contributed by atoms with Crippen molar-refractivity contribution in [2.45, 2.75) is 20.0 Å². The van der Waals surface area contributed by atoms with E-state index in [1.54, 1.807) is 12.1 Å². The standard InChI is InChI=1S/C18H14ClNO5/c1-2-11-7-17-15(9-16(11)19)12(8-18(21)25-17)10-24-14-5-3-13(4-6-14)20(22)23/h3-9H,2,10H2,1H3. The van der Waals surface area contributed by atoms with Crippen LogP contribution in [0.2, 0.25) is 5.02 Å². The minimum atomic E-state index is -0.479. The Bertz CT molecular complexity index is 995. The van der Waals surface area contributed by atoms with Crippen molar-refractivity contribution >= 4 is 28.3 Å². The Kier molecular flexibility index (Phi) is 4.72. The maximum absolute atomic E-state index is 11.8. The number of ether oxygens (including phenoxy) is 1. The summed E-state index contributed by atoms with van der Waals surface area (Å²) in [6, 6.07) is 10.6. The van der Waals surface area contributed by atoms with Gasteiger partial charge in [0.25, 0.3) is 5.69 Å². The first-order valence-electron chi connectivity index (χ1n) is 7.60. The summed E-state index contributed by atoms with van der Waals surface area (Å²) in [6.45, 7) is 2.08. The second kappa shape index (κ2) is 6.94. The van der Waals surface area contributed by atoms with Gasteiger partial charge in [-0.1, -0.05) is 18.5 Å². The summed E-state index contributed by atoms with van der Waals surface area (Å²) < 4.78 is 10.9. The molecule has 2 aromatic carbocycles. The van der Waals surface area contributed by atoms with Crippen LogP contribution in [0.1, 0.15) is 18.1 Å². The first-order chi connectivity index (χ1) is 12.0. The Hall–Kier alpha value is -2.86. The molecule has 0 N–H and O–H groups in total. The number of halogens is 1. The number of hydrogen-bond donors (Lipinski definition) is 0. The van der Waals surface area contributed by atoms with E-state index < -0.39 is 10.5 Å². The van der Waals surface area contributed by atoms with Gasteiger partial charge in [-0.05, 0) is 36.2 Å². The highest BCUT2D eigenvalue weighted by Gasteiger charge is 2.11. The van der Waals surface area contributed by atoms with E-state index >= 15 is 0 Å². The Morgan fingerprint density at radius 1 is 1.16 bits per heavy atom. The van der Waals surface area contributed by atoms with Gasteiger partial charge in [0, 0.05) is 34.2 Å². The third-order valence-corrected chi connectivity index (χ3v) is 4.17. The molecule has 128 valence electrons. The quantitative estimate of drug-likeness (QED) is 0.380. The van der Waals surface area contributed by atoms with Crippen molar-refractivity contribution < 1.29 is 14.1 Å². The second-order valence-electron chi connectivity index (χ2n) is 5.42. The Balaban J connectivity index is 1.91. The average molecular weight is 360 g/mol. The number of hydrogen-bond acceptors (Lipinski definition) is 5. The van der Waals surface area contributed by atoms with Gasteiger partial charge in [-0.15, -0.1) is 0 Å². The number of benzene rings is 2. The van der Waals surface area contributed by atoms with Gasteiger partial charge in [0.2, 0.25) is 0 Å². The van der Waals surface area contributed by atoms with Gasteiger partial charge in [-0.2, -0.15) is 0 Å². The van der Waals surface area contributed by atoms with Gasteiger partial charge in [-0.3, -0.25) is 10.1 Å². The predicted molar refractivity (Wildman–Crippen MR) is 94.3 cm³/mol. The maximum Gasteiger partial charge on any atom is 0.336 e. The normalized spacial score (nSPS) is 10.8. The topological polar surface area (TPSA) is 82.6 Å². The van der Waals surface area contributed by atoms with Crippen molar-refractivity contribution in [3.05, 3.63) is 79.1 Å². The fraction of sp³-hybridized carbons (Fsp3) is 0.167. The van der Waals surface area contributed by atoms with E-state index in [2.05, 4.69) is 0 Å². The number of aryl methyl sites for hydroxylation is 1. The molecule has 0 saturated carbocycles. The van der Waals surface area contributed by atoms with E-state index in [4.69, 9.17) is 20.8 Å². The molecule has 0 aliphatic heterocycles. The molecule has 7 heteroatoms. The molecule has 0 saturated heterocycles. The van der Waals surface area contributed by atoms with Crippen LogP contribution in [0.5, 0.6) is 5.75 Å². The number of nitrogens with zero attached hydrogens (tertiary/aromatic N) is 1. The lowest BCUT2D eigenvalue weighted by Gasteiger charge is -2.10. The minimum absolute atomic E-state index is 0.0166. The van der Waals surface area contributed by atoms with Crippen LogP contribution in [0.4, 0.5) is 5.69 Å².